The molecule has 0 bridgehead atoms. The van der Waals surface area contributed by atoms with Crippen LogP contribution < -0.4 is 0 Å². The fourth-order valence-electron chi connectivity index (χ4n) is 12.8. The minimum Gasteiger partial charge on any atom is -0.462 e. The molecule has 0 spiro atoms. The van der Waals surface area contributed by atoms with Crippen LogP contribution in [0.15, 0.2) is 0 Å². The molecule has 0 radical (unpaired) electrons. The van der Waals surface area contributed by atoms with E-state index < -0.39 is 97.5 Å². The van der Waals surface area contributed by atoms with E-state index in [0.29, 0.717) is 25.7 Å². The summed E-state index contributed by atoms with van der Waals surface area (Å²) in [6, 6.07) is 0. The maximum atomic E-state index is 13.1. The quantitative estimate of drug-likeness (QED) is 0.0222. The van der Waals surface area contributed by atoms with Gasteiger partial charge in [0.1, 0.15) is 19.3 Å². The predicted octanol–water partition coefficient (Wildman–Crippen LogP) is 24.8. The molecular formula is C83H162O17P2. The number of carbonyl (C=O) groups excluding carboxylic acids is 4. The van der Waals surface area contributed by atoms with Crippen molar-refractivity contribution in [2.45, 2.75) is 446 Å². The van der Waals surface area contributed by atoms with Crippen molar-refractivity contribution in [3.8, 4) is 0 Å². The van der Waals surface area contributed by atoms with Gasteiger partial charge in [-0.2, -0.15) is 0 Å². The molecule has 0 amide bonds. The lowest BCUT2D eigenvalue weighted by Gasteiger charge is -2.21. The number of hydrogen-bond acceptors (Lipinski definition) is 15. The van der Waals surface area contributed by atoms with E-state index in [1.165, 1.54) is 225 Å². The van der Waals surface area contributed by atoms with Gasteiger partial charge in [0.05, 0.1) is 26.4 Å². The maximum Gasteiger partial charge on any atom is 0.472 e. The Balaban J connectivity index is 5.24. The highest BCUT2D eigenvalue weighted by Crippen LogP contribution is 2.45. The van der Waals surface area contributed by atoms with Crippen molar-refractivity contribution in [3.05, 3.63) is 0 Å². The first kappa shape index (κ1) is 100. The lowest BCUT2D eigenvalue weighted by molar-refractivity contribution is -0.161. The van der Waals surface area contributed by atoms with Gasteiger partial charge in [0, 0.05) is 25.7 Å². The Morgan fingerprint density at radius 3 is 0.696 bits per heavy atom. The van der Waals surface area contributed by atoms with Crippen LogP contribution in [0.2, 0.25) is 0 Å². The van der Waals surface area contributed by atoms with Crippen LogP contribution in [0, 0.1) is 23.7 Å². The summed E-state index contributed by atoms with van der Waals surface area (Å²) in [4.78, 5) is 73.1. The first-order valence-electron chi connectivity index (χ1n) is 42.7. The van der Waals surface area contributed by atoms with Crippen molar-refractivity contribution in [3.63, 3.8) is 0 Å². The smallest absolute Gasteiger partial charge is 0.462 e. The van der Waals surface area contributed by atoms with E-state index in [-0.39, 0.29) is 25.7 Å². The van der Waals surface area contributed by atoms with E-state index in [0.717, 1.165) is 120 Å². The summed E-state index contributed by atoms with van der Waals surface area (Å²) in [5.74, 6) is 1.01. The van der Waals surface area contributed by atoms with Gasteiger partial charge in [-0.05, 0) is 49.4 Å². The Hall–Kier alpha value is -1.94. The van der Waals surface area contributed by atoms with Crippen molar-refractivity contribution in [2.75, 3.05) is 39.6 Å². The summed E-state index contributed by atoms with van der Waals surface area (Å²) in [6.07, 6.45) is 59.7. The second kappa shape index (κ2) is 72.0. The SMILES string of the molecule is CCC(C)CCCCCCCCC(=O)OC[C@H](COP(=O)(O)OC[C@H](O)COP(=O)(O)OC[C@@H](COC(=O)CCCCCCCCCCCCCCCC(C)C)OC(=O)CCCCCCCCCCCCCCCCC(C)C)OC(=O)CCCCCCCCCCCCCCCCCCC(C)C. The summed E-state index contributed by atoms with van der Waals surface area (Å²) in [6.45, 7) is 14.3. The Labute approximate surface area is 626 Å². The second-order valence-corrected chi connectivity index (χ2v) is 34.4. The number of rotatable bonds is 80. The number of unbranched alkanes of at least 4 members (excludes halogenated alkanes) is 45. The van der Waals surface area contributed by atoms with Crippen LogP contribution in [-0.4, -0.2) is 96.7 Å². The third-order valence-corrected chi connectivity index (χ3v) is 21.6. The average molecular weight is 1490 g/mol. The molecule has 6 atom stereocenters. The van der Waals surface area contributed by atoms with Gasteiger partial charge in [0.25, 0.3) is 0 Å². The Morgan fingerprint density at radius 1 is 0.275 bits per heavy atom. The minimum atomic E-state index is -4.96. The van der Waals surface area contributed by atoms with E-state index in [4.69, 9.17) is 37.0 Å². The Kier molecular flexibility index (Phi) is 70.6. The van der Waals surface area contributed by atoms with Crippen LogP contribution in [0.4, 0.5) is 0 Å². The van der Waals surface area contributed by atoms with Crippen molar-refractivity contribution in [2.24, 2.45) is 23.7 Å². The third kappa shape index (κ3) is 74.9. The second-order valence-electron chi connectivity index (χ2n) is 31.5. The molecule has 3 N–H and O–H groups in total. The zero-order valence-electron chi connectivity index (χ0n) is 67.2. The van der Waals surface area contributed by atoms with Gasteiger partial charge in [-0.15, -0.1) is 0 Å². The Bertz CT molecular complexity index is 1990. The predicted molar refractivity (Wildman–Crippen MR) is 418 cm³/mol. The van der Waals surface area contributed by atoms with Crippen molar-refractivity contribution < 1.29 is 80.2 Å². The number of aliphatic hydroxyl groups excluding tert-OH is 1. The first-order chi connectivity index (χ1) is 49.1. The highest BCUT2D eigenvalue weighted by molar-refractivity contribution is 7.47. The van der Waals surface area contributed by atoms with Crippen molar-refractivity contribution in [1.29, 1.82) is 0 Å². The van der Waals surface area contributed by atoms with E-state index in [1.54, 1.807) is 0 Å². The molecule has 0 aromatic rings. The summed E-state index contributed by atoms with van der Waals surface area (Å²) >= 11 is 0. The van der Waals surface area contributed by atoms with Crippen LogP contribution in [0.25, 0.3) is 0 Å². The number of ether oxygens (including phenoxy) is 4. The molecule has 0 heterocycles. The number of phosphoric ester groups is 2. The lowest BCUT2D eigenvalue weighted by atomic mass is 10.00. The van der Waals surface area contributed by atoms with Gasteiger partial charge >= 0.3 is 39.5 Å². The van der Waals surface area contributed by atoms with Gasteiger partial charge in [-0.25, -0.2) is 9.13 Å². The molecule has 0 saturated heterocycles. The highest BCUT2D eigenvalue weighted by Gasteiger charge is 2.30. The zero-order valence-corrected chi connectivity index (χ0v) is 69.0. The zero-order chi connectivity index (χ0) is 75.3. The van der Waals surface area contributed by atoms with Crippen molar-refractivity contribution >= 4 is 39.5 Å². The van der Waals surface area contributed by atoms with Crippen LogP contribution in [-0.2, 0) is 65.4 Å². The maximum absolute atomic E-state index is 13.1. The molecule has 0 aliphatic carbocycles. The van der Waals surface area contributed by atoms with Gasteiger partial charge in [0.15, 0.2) is 12.2 Å². The first-order valence-corrected chi connectivity index (χ1v) is 45.7. The summed E-state index contributed by atoms with van der Waals surface area (Å²) in [5, 5.41) is 10.7. The van der Waals surface area contributed by atoms with Gasteiger partial charge in [0.2, 0.25) is 0 Å². The number of esters is 4. The fraction of sp³-hybridized carbons (Fsp3) is 0.952. The molecule has 606 valence electrons. The molecule has 19 heteroatoms. The Morgan fingerprint density at radius 2 is 0.471 bits per heavy atom. The number of carbonyl (C=O) groups is 4. The molecule has 0 saturated carbocycles. The molecule has 3 unspecified atom stereocenters. The molecule has 0 aromatic carbocycles. The normalized spacial score (nSPS) is 14.3. The van der Waals surface area contributed by atoms with E-state index in [2.05, 4.69) is 55.4 Å². The van der Waals surface area contributed by atoms with E-state index in [9.17, 15) is 43.2 Å². The molecule has 0 aliphatic rings. The highest BCUT2D eigenvalue weighted by atomic mass is 31.2. The number of hydrogen-bond donors (Lipinski definition) is 3. The monoisotopic (exact) mass is 1490 g/mol. The molecule has 0 aromatic heterocycles. The van der Waals surface area contributed by atoms with Gasteiger partial charge in [-0.3, -0.25) is 37.3 Å². The molecule has 102 heavy (non-hydrogen) atoms. The summed E-state index contributed by atoms with van der Waals surface area (Å²) in [7, 11) is -9.93. The van der Waals surface area contributed by atoms with Crippen LogP contribution in [0.1, 0.15) is 428 Å². The molecular weight excluding hydrogens is 1330 g/mol. The van der Waals surface area contributed by atoms with Gasteiger partial charge in [-0.1, -0.05) is 376 Å². The summed E-state index contributed by atoms with van der Waals surface area (Å²) < 4.78 is 68.8. The lowest BCUT2D eigenvalue weighted by Crippen LogP contribution is -2.30. The van der Waals surface area contributed by atoms with Crippen LogP contribution >= 0.6 is 15.6 Å². The third-order valence-electron chi connectivity index (χ3n) is 19.7. The van der Waals surface area contributed by atoms with Crippen LogP contribution in [0.5, 0.6) is 0 Å². The minimum absolute atomic E-state index is 0.107. The molecule has 0 aliphatic heterocycles. The number of aliphatic hydroxyl groups is 1. The number of phosphoric acid groups is 2. The van der Waals surface area contributed by atoms with Crippen LogP contribution in [0.3, 0.4) is 0 Å². The molecule has 0 rings (SSSR count). The van der Waals surface area contributed by atoms with Gasteiger partial charge < -0.3 is 33.8 Å². The average Bonchev–Trinajstić information content (AvgIpc) is 0.918. The standard InChI is InChI=1S/C83H162O17P2/c1-9-76(8)62-54-46-41-42-48-56-64-81(86)94-70-79(100-83(88)66-57-49-39-33-27-20-13-11-10-12-17-23-29-35-43-51-59-73(2)3)72-98-102(91,92)96-68-77(84)67-95-101(89,90)97-71-78(69-93-80(85)63-55-47-38-32-26-22-16-19-25-31-37-45-53-61-75(6)7)99-82(87)65-58-50-40-34-28-21-15-14-18-24-30-36-44-52-60-74(4)5/h73-79,84H,9-72H2,1-8H3,(H,89,90)(H,91,92)/t76?,77-,78-,79-/m1/s1. The van der Waals surface area contributed by atoms with Crippen molar-refractivity contribution in [1.82, 2.24) is 0 Å². The fourth-order valence-corrected chi connectivity index (χ4v) is 14.3. The topological polar surface area (TPSA) is 237 Å². The van der Waals surface area contributed by atoms with E-state index in [1.807, 2.05) is 0 Å². The molecule has 0 fully saturated rings. The molecule has 17 nitrogen and oxygen atoms in total. The van der Waals surface area contributed by atoms with E-state index >= 15 is 0 Å². The largest absolute Gasteiger partial charge is 0.472 e. The summed E-state index contributed by atoms with van der Waals surface area (Å²) in [5.41, 5.74) is 0.